The molecule has 0 spiro atoms. The van der Waals surface area contributed by atoms with Crippen LogP contribution in [-0.2, 0) is 12.8 Å². The van der Waals surface area contributed by atoms with Crippen LogP contribution >= 0.6 is 11.3 Å². The molecule has 0 atom stereocenters. The monoisotopic (exact) mass is 306 g/mol. The van der Waals surface area contributed by atoms with Gasteiger partial charge in [0.1, 0.15) is 5.65 Å². The number of hydrogen-bond donors (Lipinski definition) is 0. The van der Waals surface area contributed by atoms with Gasteiger partial charge < -0.3 is 4.40 Å². The summed E-state index contributed by atoms with van der Waals surface area (Å²) >= 11 is 1.84. The fourth-order valence-electron chi connectivity index (χ4n) is 3.22. The van der Waals surface area contributed by atoms with Crippen LogP contribution in [0.25, 0.3) is 15.7 Å². The second-order valence-corrected chi connectivity index (χ2v) is 6.58. The first-order valence-electron chi connectivity index (χ1n) is 7.68. The molecule has 1 aromatic carbocycles. The molecule has 0 radical (unpaired) electrons. The highest BCUT2D eigenvalue weighted by molar-refractivity contribution is 7.17. The Kier molecular flexibility index (Phi) is 3.23. The largest absolute Gasteiger partial charge is 0.303 e. The van der Waals surface area contributed by atoms with Crippen LogP contribution in [0.1, 0.15) is 29.4 Å². The van der Waals surface area contributed by atoms with E-state index in [1.807, 2.05) is 11.3 Å². The third-order valence-electron chi connectivity index (χ3n) is 4.29. The molecular formula is C19H18N2S. The van der Waals surface area contributed by atoms with Gasteiger partial charge in [0.15, 0.2) is 0 Å². The molecule has 22 heavy (non-hydrogen) atoms. The SMILES string of the molecule is CCc1nc2ccccn2c1Cc1csc2cccc(C)c12. The summed E-state index contributed by atoms with van der Waals surface area (Å²) in [5.41, 5.74) is 6.35. The molecule has 0 fully saturated rings. The predicted molar refractivity (Wildman–Crippen MR) is 93.9 cm³/mol. The molecular weight excluding hydrogens is 288 g/mol. The van der Waals surface area contributed by atoms with Gasteiger partial charge in [-0.15, -0.1) is 11.3 Å². The van der Waals surface area contributed by atoms with Crippen molar-refractivity contribution in [1.82, 2.24) is 9.38 Å². The van der Waals surface area contributed by atoms with Crippen LogP contribution in [-0.4, -0.2) is 9.38 Å². The number of aromatic nitrogens is 2. The van der Waals surface area contributed by atoms with Gasteiger partial charge in [0.2, 0.25) is 0 Å². The van der Waals surface area contributed by atoms with Crippen molar-refractivity contribution in [3.8, 4) is 0 Å². The Labute approximate surface area is 134 Å². The number of hydrogen-bond acceptors (Lipinski definition) is 2. The molecule has 4 aromatic rings. The Balaban J connectivity index is 1.89. The van der Waals surface area contributed by atoms with Crippen LogP contribution in [0.4, 0.5) is 0 Å². The van der Waals surface area contributed by atoms with Gasteiger partial charge in [-0.1, -0.05) is 25.1 Å². The van der Waals surface area contributed by atoms with Crippen molar-refractivity contribution in [2.24, 2.45) is 0 Å². The molecule has 0 aliphatic rings. The van der Waals surface area contributed by atoms with E-state index in [1.54, 1.807) is 0 Å². The van der Waals surface area contributed by atoms with E-state index in [0.29, 0.717) is 0 Å². The van der Waals surface area contributed by atoms with Crippen molar-refractivity contribution >= 4 is 27.1 Å². The van der Waals surface area contributed by atoms with Crippen LogP contribution in [0.5, 0.6) is 0 Å². The topological polar surface area (TPSA) is 17.3 Å². The lowest BCUT2D eigenvalue weighted by atomic mass is 10.0. The standard InChI is InChI=1S/C19H18N2S/c1-3-15-16(21-10-5-4-9-18(21)20-15)11-14-12-22-17-8-6-7-13(2)19(14)17/h4-10,12H,3,11H2,1-2H3. The fourth-order valence-corrected chi connectivity index (χ4v) is 4.26. The van der Waals surface area contributed by atoms with E-state index in [9.17, 15) is 0 Å². The van der Waals surface area contributed by atoms with E-state index in [4.69, 9.17) is 4.98 Å². The molecule has 2 nitrogen and oxygen atoms in total. The van der Waals surface area contributed by atoms with Crippen LogP contribution in [0, 0.1) is 6.92 Å². The molecule has 110 valence electrons. The average molecular weight is 306 g/mol. The summed E-state index contributed by atoms with van der Waals surface area (Å²) in [4.78, 5) is 4.78. The highest BCUT2D eigenvalue weighted by Gasteiger charge is 2.14. The number of thiophene rings is 1. The van der Waals surface area contributed by atoms with Crippen molar-refractivity contribution in [3.63, 3.8) is 0 Å². The van der Waals surface area contributed by atoms with Gasteiger partial charge in [-0.2, -0.15) is 0 Å². The number of pyridine rings is 1. The van der Waals surface area contributed by atoms with Crippen molar-refractivity contribution < 1.29 is 0 Å². The van der Waals surface area contributed by atoms with E-state index in [2.05, 4.69) is 66.2 Å². The maximum Gasteiger partial charge on any atom is 0.137 e. The fraction of sp³-hybridized carbons (Fsp3) is 0.211. The molecule has 0 aliphatic heterocycles. The molecule has 0 N–H and O–H groups in total. The van der Waals surface area contributed by atoms with Gasteiger partial charge in [0, 0.05) is 17.3 Å². The lowest BCUT2D eigenvalue weighted by molar-refractivity contribution is 0.970. The number of rotatable bonds is 3. The number of nitrogens with zero attached hydrogens (tertiary/aromatic N) is 2. The normalized spacial score (nSPS) is 11.5. The van der Waals surface area contributed by atoms with E-state index in [-0.39, 0.29) is 0 Å². The van der Waals surface area contributed by atoms with Gasteiger partial charge >= 0.3 is 0 Å². The summed E-state index contributed by atoms with van der Waals surface area (Å²) in [5, 5.41) is 3.72. The van der Waals surface area contributed by atoms with Crippen LogP contribution < -0.4 is 0 Å². The number of fused-ring (bicyclic) bond motifs is 2. The van der Waals surface area contributed by atoms with Crippen molar-refractivity contribution in [2.45, 2.75) is 26.7 Å². The minimum absolute atomic E-state index is 0.944. The Hall–Kier alpha value is -2.13. The second-order valence-electron chi connectivity index (χ2n) is 5.67. The lowest BCUT2D eigenvalue weighted by Crippen LogP contribution is -1.97. The molecule has 4 rings (SSSR count). The zero-order valence-corrected chi connectivity index (χ0v) is 13.7. The molecule has 0 unspecified atom stereocenters. The molecule has 0 aliphatic carbocycles. The third kappa shape index (κ3) is 2.04. The minimum Gasteiger partial charge on any atom is -0.303 e. The van der Waals surface area contributed by atoms with Gasteiger partial charge in [0.25, 0.3) is 0 Å². The van der Waals surface area contributed by atoms with Crippen molar-refractivity contribution in [1.29, 1.82) is 0 Å². The molecule has 0 saturated heterocycles. The molecule has 3 heteroatoms. The third-order valence-corrected chi connectivity index (χ3v) is 5.28. The molecule has 3 heterocycles. The Morgan fingerprint density at radius 1 is 1.14 bits per heavy atom. The van der Waals surface area contributed by atoms with E-state index >= 15 is 0 Å². The smallest absolute Gasteiger partial charge is 0.137 e. The summed E-state index contributed by atoms with van der Waals surface area (Å²) in [5.74, 6) is 0. The molecule has 3 aromatic heterocycles. The highest BCUT2D eigenvalue weighted by atomic mass is 32.1. The first-order valence-corrected chi connectivity index (χ1v) is 8.56. The quantitative estimate of drug-likeness (QED) is 0.520. The minimum atomic E-state index is 0.944. The first kappa shape index (κ1) is 13.5. The predicted octanol–water partition coefficient (Wildman–Crippen LogP) is 5.01. The van der Waals surface area contributed by atoms with E-state index < -0.39 is 0 Å². The Bertz CT molecular complexity index is 962. The van der Waals surface area contributed by atoms with Gasteiger partial charge in [0.05, 0.1) is 11.4 Å². The van der Waals surface area contributed by atoms with Crippen LogP contribution in [0.3, 0.4) is 0 Å². The van der Waals surface area contributed by atoms with Crippen LogP contribution in [0.15, 0.2) is 48.0 Å². The number of benzene rings is 1. The molecule has 0 bridgehead atoms. The molecule has 0 amide bonds. The summed E-state index contributed by atoms with van der Waals surface area (Å²) in [6.45, 7) is 4.38. The highest BCUT2D eigenvalue weighted by Crippen LogP contribution is 2.31. The van der Waals surface area contributed by atoms with Gasteiger partial charge in [-0.3, -0.25) is 0 Å². The summed E-state index contributed by atoms with van der Waals surface area (Å²) in [6.07, 6.45) is 4.04. The van der Waals surface area contributed by atoms with Crippen LogP contribution in [0.2, 0.25) is 0 Å². The average Bonchev–Trinajstić information content (AvgIpc) is 3.11. The summed E-state index contributed by atoms with van der Waals surface area (Å²) < 4.78 is 3.61. The van der Waals surface area contributed by atoms with E-state index in [0.717, 1.165) is 18.5 Å². The molecule has 0 saturated carbocycles. The maximum absolute atomic E-state index is 4.78. The van der Waals surface area contributed by atoms with Gasteiger partial charge in [-0.25, -0.2) is 4.98 Å². The second kappa shape index (κ2) is 5.25. The number of aryl methyl sites for hydroxylation is 2. The maximum atomic E-state index is 4.78. The number of imidazole rings is 1. The zero-order valence-electron chi connectivity index (χ0n) is 12.8. The summed E-state index contributed by atoms with van der Waals surface area (Å²) in [6, 6.07) is 12.8. The zero-order chi connectivity index (χ0) is 15.1. The summed E-state index contributed by atoms with van der Waals surface area (Å²) in [7, 11) is 0. The Morgan fingerprint density at radius 2 is 2.05 bits per heavy atom. The lowest BCUT2D eigenvalue weighted by Gasteiger charge is -2.05. The van der Waals surface area contributed by atoms with E-state index in [1.165, 1.54) is 32.6 Å². The van der Waals surface area contributed by atoms with Gasteiger partial charge in [-0.05, 0) is 53.4 Å². The van der Waals surface area contributed by atoms with Crippen molar-refractivity contribution in [3.05, 3.63) is 70.5 Å². The first-order chi connectivity index (χ1) is 10.8. The Morgan fingerprint density at radius 3 is 2.91 bits per heavy atom. The van der Waals surface area contributed by atoms with Crippen molar-refractivity contribution in [2.75, 3.05) is 0 Å².